The number of fused-ring (bicyclic) bond motifs is 2. The summed E-state index contributed by atoms with van der Waals surface area (Å²) in [7, 11) is 4.89. The molecular weight excluding hydrogens is 696 g/mol. The van der Waals surface area contributed by atoms with Gasteiger partial charge in [-0.15, -0.1) is 0 Å². The van der Waals surface area contributed by atoms with Gasteiger partial charge in [0.25, 0.3) is 0 Å². The Balaban J connectivity index is 1.23. The number of hydrogen-bond acceptors (Lipinski definition) is 12. The summed E-state index contributed by atoms with van der Waals surface area (Å²) >= 11 is 0. The summed E-state index contributed by atoms with van der Waals surface area (Å²) in [5, 5.41) is 27.1. The Morgan fingerprint density at radius 3 is 2.43 bits per heavy atom. The number of rotatable bonds is 11. The molecule has 2 N–H and O–H groups in total. The van der Waals surface area contributed by atoms with Gasteiger partial charge in [0.1, 0.15) is 17.3 Å². The van der Waals surface area contributed by atoms with E-state index in [1.165, 1.54) is 0 Å². The molecule has 1 spiro atoms. The highest BCUT2D eigenvalue weighted by molar-refractivity contribution is 6.22. The molecule has 0 radical (unpaired) electrons. The van der Waals surface area contributed by atoms with Crippen LogP contribution in [0.2, 0.25) is 0 Å². The summed E-state index contributed by atoms with van der Waals surface area (Å²) in [6, 6.07) is 5.96. The summed E-state index contributed by atoms with van der Waals surface area (Å²) in [5.74, 6) is -3.98. The van der Waals surface area contributed by atoms with Gasteiger partial charge in [-0.05, 0) is 50.3 Å². The number of likely N-dealkylation sites (N-methyl/N-ethyl adjacent to an activating group) is 1. The number of nitrogens with zero attached hydrogens (tertiary/aromatic N) is 2. The van der Waals surface area contributed by atoms with Crippen molar-refractivity contribution in [1.82, 2.24) is 4.90 Å². The van der Waals surface area contributed by atoms with Gasteiger partial charge in [0.05, 0.1) is 48.1 Å². The van der Waals surface area contributed by atoms with Crippen LogP contribution in [-0.2, 0) is 38.1 Å². The van der Waals surface area contributed by atoms with Gasteiger partial charge in [-0.2, -0.15) is 0 Å². The normalized spacial score (nSPS) is 45.1. The van der Waals surface area contributed by atoms with Gasteiger partial charge in [0, 0.05) is 75.2 Å². The molecule has 13 nitrogen and oxygen atoms in total. The zero-order valence-corrected chi connectivity index (χ0v) is 32.5. The maximum absolute atomic E-state index is 14.2. The average molecular weight is 753 g/mol. The number of hydrogen-bond donors (Lipinski definition) is 2. The van der Waals surface area contributed by atoms with Gasteiger partial charge in [0.2, 0.25) is 11.8 Å². The maximum Gasteiger partial charge on any atom is 0.340 e. The van der Waals surface area contributed by atoms with Crippen LogP contribution < -0.4 is 4.90 Å². The number of benzene rings is 1. The zero-order valence-electron chi connectivity index (χ0n) is 32.5. The van der Waals surface area contributed by atoms with Crippen LogP contribution in [0.15, 0.2) is 24.3 Å². The Kier molecular flexibility index (Phi) is 9.18. The minimum Gasteiger partial charge on any atom is -0.461 e. The van der Waals surface area contributed by atoms with E-state index in [2.05, 4.69) is 4.90 Å². The first-order valence-corrected chi connectivity index (χ1v) is 19.9. The number of imide groups is 1. The molecule has 2 heterocycles. The van der Waals surface area contributed by atoms with Crippen molar-refractivity contribution >= 4 is 29.4 Å². The number of carbonyl (C=O) groups excluding carboxylic acids is 4. The van der Waals surface area contributed by atoms with E-state index < -0.39 is 70.1 Å². The number of aliphatic hydroxyl groups is 2. The molecule has 2 amide bonds. The van der Waals surface area contributed by atoms with E-state index in [-0.39, 0.29) is 72.3 Å². The number of esters is 2. The molecular formula is C41H56N2O11. The van der Waals surface area contributed by atoms with Crippen LogP contribution in [0, 0.1) is 46.3 Å². The first-order valence-electron chi connectivity index (χ1n) is 19.9. The summed E-state index contributed by atoms with van der Waals surface area (Å²) in [6.45, 7) is 8.52. The Morgan fingerprint density at radius 1 is 1.06 bits per heavy atom. The summed E-state index contributed by atoms with van der Waals surface area (Å²) in [6.07, 6.45) is 0.272. The molecule has 2 saturated heterocycles. The molecule has 7 aliphatic rings. The van der Waals surface area contributed by atoms with E-state index in [1.807, 2.05) is 20.8 Å². The number of ether oxygens (including phenoxy) is 5. The quantitative estimate of drug-likeness (QED) is 0.252. The van der Waals surface area contributed by atoms with Crippen LogP contribution in [0.1, 0.15) is 76.6 Å². The first kappa shape index (κ1) is 38.0. The Labute approximate surface area is 316 Å². The lowest BCUT2D eigenvalue weighted by Gasteiger charge is -2.70. The van der Waals surface area contributed by atoms with E-state index in [4.69, 9.17) is 23.7 Å². The van der Waals surface area contributed by atoms with Crippen LogP contribution in [0.5, 0.6) is 0 Å². The van der Waals surface area contributed by atoms with Gasteiger partial charge >= 0.3 is 11.9 Å². The van der Waals surface area contributed by atoms with Crippen LogP contribution >= 0.6 is 0 Å². The van der Waals surface area contributed by atoms with Crippen molar-refractivity contribution in [3.63, 3.8) is 0 Å². The Morgan fingerprint density at radius 2 is 1.80 bits per heavy atom. The average Bonchev–Trinajstić information content (AvgIpc) is 3.68. The summed E-state index contributed by atoms with van der Waals surface area (Å²) in [5.41, 5.74) is -4.76. The Hall–Kier alpha value is -2.94. The van der Waals surface area contributed by atoms with Crippen molar-refractivity contribution in [2.24, 2.45) is 46.3 Å². The van der Waals surface area contributed by atoms with Crippen molar-refractivity contribution in [2.45, 2.75) is 108 Å². The highest BCUT2D eigenvalue weighted by Gasteiger charge is 2.92. The second-order valence-corrected chi connectivity index (χ2v) is 17.5. The molecule has 296 valence electrons. The molecule has 1 aromatic carbocycles. The number of amides is 2. The fraction of sp³-hybridized carbons (Fsp3) is 0.756. The number of anilines is 1. The number of likely N-dealkylation sites (tertiary alicyclic amines) is 1. The molecule has 2 aliphatic heterocycles. The molecule has 15 atom stereocenters. The third-order valence-electron chi connectivity index (χ3n) is 15.5. The lowest BCUT2D eigenvalue weighted by atomic mass is 9.42. The predicted octanol–water partition coefficient (Wildman–Crippen LogP) is 2.98. The second kappa shape index (κ2) is 13.1. The SMILES string of the molecule is CCC(C)C(=O)OC1C2CC3C1C(O)(CC2OC)C1(O)C(OC)C2C4(COC(=O)c5ccccc5N5C(=O)CC(C)C5=O)CCC(OC)C32C1N(CC)C4. The van der Waals surface area contributed by atoms with E-state index in [0.29, 0.717) is 38.8 Å². The fourth-order valence-electron chi connectivity index (χ4n) is 13.4. The molecule has 5 saturated carbocycles. The third kappa shape index (κ3) is 4.59. The number of methoxy groups -OCH3 is 3. The topological polar surface area (TPSA) is 161 Å². The Bertz CT molecular complexity index is 1720. The van der Waals surface area contributed by atoms with E-state index >= 15 is 0 Å². The van der Waals surface area contributed by atoms with Gasteiger partial charge < -0.3 is 33.9 Å². The van der Waals surface area contributed by atoms with Crippen molar-refractivity contribution in [2.75, 3.05) is 45.9 Å². The van der Waals surface area contributed by atoms with Gasteiger partial charge in [-0.3, -0.25) is 19.3 Å². The summed E-state index contributed by atoms with van der Waals surface area (Å²) < 4.78 is 31.7. The molecule has 13 heteroatoms. The second-order valence-electron chi connectivity index (χ2n) is 17.5. The van der Waals surface area contributed by atoms with Crippen molar-refractivity contribution in [3.05, 3.63) is 29.8 Å². The first-order chi connectivity index (χ1) is 25.7. The van der Waals surface area contributed by atoms with E-state index in [0.717, 1.165) is 4.90 Å². The lowest BCUT2D eigenvalue weighted by Crippen LogP contribution is -2.82. The van der Waals surface area contributed by atoms with E-state index in [9.17, 15) is 29.4 Å². The smallest absolute Gasteiger partial charge is 0.340 e. The molecule has 1 aromatic rings. The van der Waals surface area contributed by atoms with Crippen molar-refractivity contribution in [3.8, 4) is 0 Å². The molecule has 7 fully saturated rings. The molecule has 54 heavy (non-hydrogen) atoms. The maximum atomic E-state index is 14.2. The standard InChI is InChI=1S/C41H56N2O11/c1-8-21(3)35(46)54-31-24-17-25-30(31)39(48,18-27(24)50-5)41(49)33(52-7)32-38(15-14-28(51-6)40(25,32)37(41)42(9-2)19-38)20-53-36(47)23-12-10-11-13-26(23)43-29(44)16-22(4)34(43)45/h10-13,21-22,24-25,27-28,30-33,37,48-49H,8-9,14-20H2,1-7H3. The number of carbonyl (C=O) groups is 4. The van der Waals surface area contributed by atoms with Crippen LogP contribution in [-0.4, -0.2) is 122 Å². The summed E-state index contributed by atoms with van der Waals surface area (Å²) in [4.78, 5) is 57.0. The van der Waals surface area contributed by atoms with Gasteiger partial charge in [-0.1, -0.05) is 39.8 Å². The van der Waals surface area contributed by atoms with Crippen LogP contribution in [0.4, 0.5) is 5.69 Å². The van der Waals surface area contributed by atoms with Gasteiger partial charge in [0.15, 0.2) is 0 Å². The van der Waals surface area contributed by atoms with Crippen molar-refractivity contribution < 1.29 is 53.1 Å². The van der Waals surface area contributed by atoms with Crippen molar-refractivity contribution in [1.29, 1.82) is 0 Å². The molecule has 7 bridgehead atoms. The fourth-order valence-corrected chi connectivity index (χ4v) is 13.4. The van der Waals surface area contributed by atoms with E-state index in [1.54, 1.807) is 52.5 Å². The largest absolute Gasteiger partial charge is 0.461 e. The number of para-hydroxylation sites is 1. The lowest BCUT2D eigenvalue weighted by molar-refractivity contribution is -0.319. The molecule has 8 rings (SSSR count). The van der Waals surface area contributed by atoms with Crippen LogP contribution in [0.25, 0.3) is 0 Å². The molecule has 5 aliphatic carbocycles. The predicted molar refractivity (Wildman–Crippen MR) is 193 cm³/mol. The van der Waals surface area contributed by atoms with Crippen LogP contribution in [0.3, 0.4) is 0 Å². The highest BCUT2D eigenvalue weighted by Crippen LogP contribution is 2.80. The minimum atomic E-state index is -1.83. The monoisotopic (exact) mass is 752 g/mol. The number of piperidine rings is 1. The minimum absolute atomic E-state index is 0.0210. The third-order valence-corrected chi connectivity index (χ3v) is 15.5. The highest BCUT2D eigenvalue weighted by atomic mass is 16.6. The molecule has 0 aromatic heterocycles. The molecule has 15 unspecified atom stereocenters. The zero-order chi connectivity index (χ0) is 38.7. The van der Waals surface area contributed by atoms with Gasteiger partial charge in [-0.25, -0.2) is 9.69 Å².